The van der Waals surface area contributed by atoms with Crippen LogP contribution in [0.4, 0.5) is 0 Å². The lowest BCUT2D eigenvalue weighted by molar-refractivity contribution is -0.152. The number of hydrogen-bond donors (Lipinski definition) is 1. The zero-order valence-electron chi connectivity index (χ0n) is 18.3. The zero-order chi connectivity index (χ0) is 22.6. The Kier molecular flexibility index (Phi) is 7.06. The van der Waals surface area contributed by atoms with Crippen molar-refractivity contribution in [3.63, 3.8) is 0 Å². The summed E-state index contributed by atoms with van der Waals surface area (Å²) in [5.74, 6) is 1.23. The second kappa shape index (κ2) is 9.56. The number of aryl methyl sites for hydroxylation is 2. The number of halogens is 1. The maximum atomic E-state index is 11.2. The van der Waals surface area contributed by atoms with Crippen molar-refractivity contribution in [3.8, 4) is 17.2 Å². The molecule has 0 aliphatic carbocycles. The molecule has 1 heterocycles. The number of ether oxygens (including phenoxy) is 1. The van der Waals surface area contributed by atoms with Gasteiger partial charge in [0.15, 0.2) is 5.60 Å². The van der Waals surface area contributed by atoms with Crippen LogP contribution in [0.3, 0.4) is 0 Å². The van der Waals surface area contributed by atoms with E-state index in [0.29, 0.717) is 16.7 Å². The van der Waals surface area contributed by atoms with Crippen molar-refractivity contribution in [3.05, 3.63) is 70.6 Å². The maximum absolute atomic E-state index is 11.2. The highest BCUT2D eigenvalue weighted by atomic mass is 35.5. The predicted octanol–water partition coefficient (Wildman–Crippen LogP) is 6.54. The number of nitrogens with zero attached hydrogens (tertiary/aromatic N) is 1. The smallest absolute Gasteiger partial charge is 0.347 e. The molecule has 0 fully saturated rings. The highest BCUT2D eigenvalue weighted by Crippen LogP contribution is 2.32. The number of rotatable bonds is 9. The summed E-state index contributed by atoms with van der Waals surface area (Å²) in [5.41, 5.74) is 1.66. The van der Waals surface area contributed by atoms with E-state index in [1.807, 2.05) is 48.5 Å². The standard InChI is InChI=1S/C25H28ClNO4/c1-16(2)22-21(27-23(30-22)19-9-5-6-10-20(19)26)11-7-8-17-12-14-18(15-13-17)31-25(3,4)24(28)29/h5-6,9-10,12-16H,7-8,11H2,1-4H3,(H,28,29). The first-order valence-corrected chi connectivity index (χ1v) is 10.8. The van der Waals surface area contributed by atoms with Crippen LogP contribution in [0.2, 0.25) is 5.02 Å². The minimum atomic E-state index is -1.26. The Labute approximate surface area is 188 Å². The second-order valence-corrected chi connectivity index (χ2v) is 8.79. The topological polar surface area (TPSA) is 72.6 Å². The number of benzene rings is 2. The third-order valence-corrected chi connectivity index (χ3v) is 5.38. The number of carboxylic acid groups (broad SMARTS) is 1. The van der Waals surface area contributed by atoms with Gasteiger partial charge < -0.3 is 14.3 Å². The van der Waals surface area contributed by atoms with Crippen LogP contribution in [0.25, 0.3) is 11.5 Å². The van der Waals surface area contributed by atoms with Gasteiger partial charge in [-0.15, -0.1) is 0 Å². The van der Waals surface area contributed by atoms with Crippen LogP contribution < -0.4 is 4.74 Å². The minimum Gasteiger partial charge on any atom is -0.478 e. The molecule has 0 aliphatic rings. The first-order chi connectivity index (χ1) is 14.7. The van der Waals surface area contributed by atoms with Gasteiger partial charge in [-0.2, -0.15) is 0 Å². The molecule has 6 heteroatoms. The number of aromatic nitrogens is 1. The molecule has 2 aromatic carbocycles. The molecule has 3 aromatic rings. The lowest BCUT2D eigenvalue weighted by Gasteiger charge is -2.21. The molecule has 1 aromatic heterocycles. The summed E-state index contributed by atoms with van der Waals surface area (Å²) in [6.07, 6.45) is 2.58. The lowest BCUT2D eigenvalue weighted by Crippen LogP contribution is -2.37. The number of hydrogen-bond acceptors (Lipinski definition) is 4. The van der Waals surface area contributed by atoms with Gasteiger partial charge in [0.2, 0.25) is 5.89 Å². The van der Waals surface area contributed by atoms with Crippen LogP contribution in [0.15, 0.2) is 52.9 Å². The van der Waals surface area contributed by atoms with Gasteiger partial charge >= 0.3 is 5.97 Å². The van der Waals surface area contributed by atoms with Crippen LogP contribution in [0.5, 0.6) is 5.75 Å². The maximum Gasteiger partial charge on any atom is 0.347 e. The van der Waals surface area contributed by atoms with Gasteiger partial charge in [-0.25, -0.2) is 9.78 Å². The highest BCUT2D eigenvalue weighted by molar-refractivity contribution is 6.33. The molecule has 0 unspecified atom stereocenters. The number of oxazole rings is 1. The largest absolute Gasteiger partial charge is 0.478 e. The Morgan fingerprint density at radius 1 is 1.13 bits per heavy atom. The molecule has 5 nitrogen and oxygen atoms in total. The molecule has 0 saturated heterocycles. The summed E-state index contributed by atoms with van der Waals surface area (Å²) in [5, 5.41) is 9.81. The fourth-order valence-corrected chi connectivity index (χ4v) is 3.48. The van der Waals surface area contributed by atoms with Crippen LogP contribution in [0.1, 0.15) is 57.1 Å². The molecule has 3 rings (SSSR count). The van der Waals surface area contributed by atoms with E-state index in [-0.39, 0.29) is 5.92 Å². The molecular formula is C25H28ClNO4. The summed E-state index contributed by atoms with van der Waals surface area (Å²) < 4.78 is 11.6. The summed E-state index contributed by atoms with van der Waals surface area (Å²) in [7, 11) is 0. The fourth-order valence-electron chi connectivity index (χ4n) is 3.27. The van der Waals surface area contributed by atoms with Crippen molar-refractivity contribution in [2.24, 2.45) is 0 Å². The molecule has 0 radical (unpaired) electrons. The Hall–Kier alpha value is -2.79. The normalized spacial score (nSPS) is 11.7. The lowest BCUT2D eigenvalue weighted by atomic mass is 10.0. The average molecular weight is 442 g/mol. The molecule has 0 saturated carbocycles. The molecule has 1 N–H and O–H groups in total. The van der Waals surface area contributed by atoms with Gasteiger partial charge in [0.05, 0.1) is 16.3 Å². The van der Waals surface area contributed by atoms with Crippen molar-refractivity contribution in [2.75, 3.05) is 0 Å². The van der Waals surface area contributed by atoms with Crippen LogP contribution >= 0.6 is 11.6 Å². The van der Waals surface area contributed by atoms with Crippen LogP contribution in [-0.2, 0) is 17.6 Å². The predicted molar refractivity (Wildman–Crippen MR) is 122 cm³/mol. The van der Waals surface area contributed by atoms with Crippen molar-refractivity contribution in [1.82, 2.24) is 4.98 Å². The number of carboxylic acids is 1. The van der Waals surface area contributed by atoms with Gasteiger partial charge in [0, 0.05) is 5.92 Å². The van der Waals surface area contributed by atoms with Gasteiger partial charge in [0.1, 0.15) is 11.5 Å². The number of aliphatic carboxylic acids is 1. The Morgan fingerprint density at radius 2 is 1.81 bits per heavy atom. The minimum absolute atomic E-state index is 0.229. The van der Waals surface area contributed by atoms with E-state index in [1.54, 1.807) is 0 Å². The van der Waals surface area contributed by atoms with Crippen molar-refractivity contribution in [2.45, 2.75) is 58.5 Å². The third kappa shape index (κ3) is 5.67. The molecule has 0 amide bonds. The molecular weight excluding hydrogens is 414 g/mol. The summed E-state index contributed by atoms with van der Waals surface area (Å²) in [6, 6.07) is 15.1. The Balaban J connectivity index is 1.65. The molecule has 31 heavy (non-hydrogen) atoms. The summed E-state index contributed by atoms with van der Waals surface area (Å²) >= 11 is 6.31. The molecule has 0 aliphatic heterocycles. The van der Waals surface area contributed by atoms with Crippen molar-refractivity contribution in [1.29, 1.82) is 0 Å². The molecule has 0 bridgehead atoms. The fraction of sp³-hybridized carbons (Fsp3) is 0.360. The van der Waals surface area contributed by atoms with E-state index in [1.165, 1.54) is 13.8 Å². The quantitative estimate of drug-likeness (QED) is 0.408. The van der Waals surface area contributed by atoms with Crippen molar-refractivity contribution >= 4 is 17.6 Å². The summed E-state index contributed by atoms with van der Waals surface area (Å²) in [4.78, 5) is 15.9. The molecule has 0 atom stereocenters. The molecule has 164 valence electrons. The average Bonchev–Trinajstić information content (AvgIpc) is 3.13. The first kappa shape index (κ1) is 22.9. The van der Waals surface area contributed by atoms with Crippen molar-refractivity contribution < 1.29 is 19.1 Å². The van der Waals surface area contributed by atoms with Gasteiger partial charge in [0.25, 0.3) is 0 Å². The monoisotopic (exact) mass is 441 g/mol. The molecule has 0 spiro atoms. The van der Waals surface area contributed by atoms with E-state index < -0.39 is 11.6 Å². The zero-order valence-corrected chi connectivity index (χ0v) is 19.1. The Morgan fingerprint density at radius 3 is 2.42 bits per heavy atom. The van der Waals surface area contributed by atoms with E-state index >= 15 is 0 Å². The van der Waals surface area contributed by atoms with Gasteiger partial charge in [-0.3, -0.25) is 0 Å². The Bertz CT molecular complexity index is 1040. The highest BCUT2D eigenvalue weighted by Gasteiger charge is 2.29. The third-order valence-electron chi connectivity index (χ3n) is 5.05. The SMILES string of the molecule is CC(C)c1oc(-c2ccccc2Cl)nc1CCCc1ccc(OC(C)(C)C(=O)O)cc1. The van der Waals surface area contributed by atoms with Crippen LogP contribution in [-0.4, -0.2) is 21.7 Å². The van der Waals surface area contributed by atoms with E-state index in [2.05, 4.69) is 13.8 Å². The summed E-state index contributed by atoms with van der Waals surface area (Å²) in [6.45, 7) is 7.25. The van der Waals surface area contributed by atoms with E-state index in [9.17, 15) is 9.90 Å². The van der Waals surface area contributed by atoms with Gasteiger partial charge in [-0.05, 0) is 62.9 Å². The number of carbonyl (C=O) groups is 1. The van der Waals surface area contributed by atoms with E-state index in [0.717, 1.165) is 41.8 Å². The first-order valence-electron chi connectivity index (χ1n) is 10.4. The van der Waals surface area contributed by atoms with E-state index in [4.69, 9.17) is 25.7 Å². The van der Waals surface area contributed by atoms with Gasteiger partial charge in [-0.1, -0.05) is 49.7 Å². The second-order valence-electron chi connectivity index (χ2n) is 8.38. The van der Waals surface area contributed by atoms with Crippen LogP contribution in [0, 0.1) is 0 Å².